The SMILES string of the molecule is Cc1ccc(C)c(OC(=O)N2CCC(C(=O)O)C2)c1. The van der Waals surface area contributed by atoms with Crippen molar-refractivity contribution in [3.63, 3.8) is 0 Å². The molecule has 1 fully saturated rings. The minimum Gasteiger partial charge on any atom is -0.481 e. The van der Waals surface area contributed by atoms with E-state index in [1.165, 1.54) is 4.90 Å². The van der Waals surface area contributed by atoms with Crippen LogP contribution in [0.4, 0.5) is 4.79 Å². The van der Waals surface area contributed by atoms with Crippen molar-refractivity contribution in [2.45, 2.75) is 20.3 Å². The molecule has 0 aliphatic carbocycles. The minimum absolute atomic E-state index is 0.221. The van der Waals surface area contributed by atoms with Gasteiger partial charge in [-0.05, 0) is 37.5 Å². The van der Waals surface area contributed by atoms with Gasteiger partial charge in [0.25, 0.3) is 0 Å². The molecule has 1 heterocycles. The molecule has 1 aromatic carbocycles. The van der Waals surface area contributed by atoms with Gasteiger partial charge < -0.3 is 14.7 Å². The van der Waals surface area contributed by atoms with Gasteiger partial charge in [-0.25, -0.2) is 4.79 Å². The first-order valence-electron chi connectivity index (χ1n) is 6.24. The monoisotopic (exact) mass is 263 g/mol. The van der Waals surface area contributed by atoms with Crippen molar-refractivity contribution < 1.29 is 19.4 Å². The zero-order chi connectivity index (χ0) is 14.0. The summed E-state index contributed by atoms with van der Waals surface area (Å²) >= 11 is 0. The first kappa shape index (κ1) is 13.4. The largest absolute Gasteiger partial charge is 0.481 e. The lowest BCUT2D eigenvalue weighted by Gasteiger charge is -2.16. The number of benzene rings is 1. The Balaban J connectivity index is 2.02. The number of nitrogens with zero attached hydrogens (tertiary/aromatic N) is 1. The van der Waals surface area contributed by atoms with E-state index in [0.717, 1.165) is 11.1 Å². The zero-order valence-electron chi connectivity index (χ0n) is 11.0. The van der Waals surface area contributed by atoms with Gasteiger partial charge in [-0.2, -0.15) is 0 Å². The number of carbonyl (C=O) groups excluding carboxylic acids is 1. The van der Waals surface area contributed by atoms with Crippen molar-refractivity contribution >= 4 is 12.1 Å². The number of hydrogen-bond acceptors (Lipinski definition) is 3. The molecular formula is C14H17NO4. The van der Waals surface area contributed by atoms with Gasteiger partial charge in [-0.3, -0.25) is 4.79 Å². The highest BCUT2D eigenvalue weighted by atomic mass is 16.6. The van der Waals surface area contributed by atoms with Crippen LogP contribution in [-0.2, 0) is 4.79 Å². The lowest BCUT2D eigenvalue weighted by atomic mass is 10.1. The third-order valence-corrected chi connectivity index (χ3v) is 3.34. The molecule has 1 amide bonds. The highest BCUT2D eigenvalue weighted by Gasteiger charge is 2.32. The van der Waals surface area contributed by atoms with E-state index >= 15 is 0 Å². The molecule has 1 aliphatic heterocycles. The van der Waals surface area contributed by atoms with E-state index < -0.39 is 18.0 Å². The van der Waals surface area contributed by atoms with Crippen molar-refractivity contribution in [2.24, 2.45) is 5.92 Å². The standard InChI is InChI=1S/C14H17NO4/c1-9-3-4-10(2)12(7-9)19-14(18)15-6-5-11(8-15)13(16)17/h3-4,7,11H,5-6,8H2,1-2H3,(H,16,17). The number of carboxylic acids is 1. The summed E-state index contributed by atoms with van der Waals surface area (Å²) in [5.41, 5.74) is 1.89. The Morgan fingerprint density at radius 2 is 2.11 bits per heavy atom. The number of carbonyl (C=O) groups is 2. The number of ether oxygens (including phenoxy) is 1. The fourth-order valence-electron chi connectivity index (χ4n) is 2.10. The van der Waals surface area contributed by atoms with E-state index in [1.807, 2.05) is 26.0 Å². The van der Waals surface area contributed by atoms with Crippen LogP contribution in [0.25, 0.3) is 0 Å². The molecule has 102 valence electrons. The molecule has 0 aromatic heterocycles. The number of amides is 1. The summed E-state index contributed by atoms with van der Waals surface area (Å²) < 4.78 is 5.33. The molecule has 0 radical (unpaired) electrons. The van der Waals surface area contributed by atoms with Crippen LogP contribution in [0.1, 0.15) is 17.5 Å². The average Bonchev–Trinajstić information content (AvgIpc) is 2.83. The van der Waals surface area contributed by atoms with Crippen LogP contribution in [0, 0.1) is 19.8 Å². The Morgan fingerprint density at radius 1 is 1.37 bits per heavy atom. The Morgan fingerprint density at radius 3 is 2.74 bits per heavy atom. The van der Waals surface area contributed by atoms with E-state index in [0.29, 0.717) is 18.7 Å². The fourth-order valence-corrected chi connectivity index (χ4v) is 2.10. The van der Waals surface area contributed by atoms with E-state index in [1.54, 1.807) is 6.07 Å². The maximum Gasteiger partial charge on any atom is 0.415 e. The van der Waals surface area contributed by atoms with Gasteiger partial charge in [0.15, 0.2) is 0 Å². The second-order valence-corrected chi connectivity index (χ2v) is 4.91. The molecule has 0 bridgehead atoms. The van der Waals surface area contributed by atoms with E-state index in [9.17, 15) is 9.59 Å². The summed E-state index contributed by atoms with van der Waals surface area (Å²) in [5, 5.41) is 8.90. The van der Waals surface area contributed by atoms with E-state index in [4.69, 9.17) is 9.84 Å². The number of hydrogen-bond donors (Lipinski definition) is 1. The van der Waals surface area contributed by atoms with Crippen LogP contribution >= 0.6 is 0 Å². The van der Waals surface area contributed by atoms with Crippen molar-refractivity contribution in [1.29, 1.82) is 0 Å². The van der Waals surface area contributed by atoms with Crippen molar-refractivity contribution in [3.8, 4) is 5.75 Å². The molecule has 0 spiro atoms. The lowest BCUT2D eigenvalue weighted by molar-refractivity contribution is -0.141. The van der Waals surface area contributed by atoms with Crippen LogP contribution in [0.2, 0.25) is 0 Å². The summed E-state index contributed by atoms with van der Waals surface area (Å²) in [6.45, 7) is 4.44. The Hall–Kier alpha value is -2.04. The van der Waals surface area contributed by atoms with Crippen LogP contribution in [0.5, 0.6) is 5.75 Å². The molecule has 1 aromatic rings. The highest BCUT2D eigenvalue weighted by molar-refractivity contribution is 5.75. The normalized spacial score (nSPS) is 18.4. The van der Waals surface area contributed by atoms with Crippen molar-refractivity contribution in [1.82, 2.24) is 4.90 Å². The van der Waals surface area contributed by atoms with Gasteiger partial charge in [0.05, 0.1) is 5.92 Å². The summed E-state index contributed by atoms with van der Waals surface area (Å²) in [6.07, 6.45) is 0.00878. The quantitative estimate of drug-likeness (QED) is 0.888. The van der Waals surface area contributed by atoms with Crippen molar-refractivity contribution in [3.05, 3.63) is 29.3 Å². The third kappa shape index (κ3) is 3.05. The average molecular weight is 263 g/mol. The second kappa shape index (κ2) is 5.30. The van der Waals surface area contributed by atoms with Crippen LogP contribution in [0.15, 0.2) is 18.2 Å². The summed E-state index contributed by atoms with van der Waals surface area (Å²) in [7, 11) is 0. The first-order chi connectivity index (χ1) is 8.97. The highest BCUT2D eigenvalue weighted by Crippen LogP contribution is 2.22. The van der Waals surface area contributed by atoms with Gasteiger partial charge >= 0.3 is 12.1 Å². The first-order valence-corrected chi connectivity index (χ1v) is 6.24. The van der Waals surface area contributed by atoms with Crippen molar-refractivity contribution in [2.75, 3.05) is 13.1 Å². The number of carboxylic acid groups (broad SMARTS) is 1. The van der Waals surface area contributed by atoms with Gasteiger partial charge in [-0.15, -0.1) is 0 Å². The molecule has 1 unspecified atom stereocenters. The zero-order valence-corrected chi connectivity index (χ0v) is 11.0. The predicted molar refractivity (Wildman–Crippen MR) is 69.3 cm³/mol. The number of aliphatic carboxylic acids is 1. The van der Waals surface area contributed by atoms with Crippen LogP contribution < -0.4 is 4.74 Å². The van der Waals surface area contributed by atoms with Crippen LogP contribution in [0.3, 0.4) is 0 Å². The minimum atomic E-state index is -0.859. The Kier molecular flexibility index (Phi) is 3.74. The third-order valence-electron chi connectivity index (χ3n) is 3.34. The number of aryl methyl sites for hydroxylation is 2. The smallest absolute Gasteiger partial charge is 0.415 e. The predicted octanol–water partition coefficient (Wildman–Crippen LogP) is 2.21. The Bertz CT molecular complexity index is 512. The Labute approximate surface area is 111 Å². The molecule has 2 rings (SSSR count). The van der Waals surface area contributed by atoms with Gasteiger partial charge in [0, 0.05) is 13.1 Å². The maximum absolute atomic E-state index is 12.0. The molecule has 1 atom stereocenters. The molecule has 5 nitrogen and oxygen atoms in total. The number of rotatable bonds is 2. The molecular weight excluding hydrogens is 246 g/mol. The van der Waals surface area contributed by atoms with Gasteiger partial charge in [-0.1, -0.05) is 12.1 Å². The molecule has 1 saturated heterocycles. The summed E-state index contributed by atoms with van der Waals surface area (Å²) in [6, 6.07) is 5.64. The van der Waals surface area contributed by atoms with Gasteiger partial charge in [0.1, 0.15) is 5.75 Å². The second-order valence-electron chi connectivity index (χ2n) is 4.91. The van der Waals surface area contributed by atoms with E-state index in [-0.39, 0.29) is 6.54 Å². The van der Waals surface area contributed by atoms with Gasteiger partial charge in [0.2, 0.25) is 0 Å². The topological polar surface area (TPSA) is 66.8 Å². The lowest BCUT2D eigenvalue weighted by Crippen LogP contribution is -2.32. The fraction of sp³-hybridized carbons (Fsp3) is 0.429. The molecule has 0 saturated carbocycles. The summed E-state index contributed by atoms with van der Waals surface area (Å²) in [4.78, 5) is 24.3. The summed E-state index contributed by atoms with van der Waals surface area (Å²) in [5.74, 6) is -0.808. The molecule has 19 heavy (non-hydrogen) atoms. The molecule has 5 heteroatoms. The molecule has 1 aliphatic rings. The van der Waals surface area contributed by atoms with E-state index in [2.05, 4.69) is 0 Å². The number of likely N-dealkylation sites (tertiary alicyclic amines) is 1. The maximum atomic E-state index is 12.0. The van der Waals surface area contributed by atoms with Crippen LogP contribution in [-0.4, -0.2) is 35.2 Å². The molecule has 1 N–H and O–H groups in total.